The van der Waals surface area contributed by atoms with E-state index in [1.807, 2.05) is 22.6 Å². The molecule has 1 aromatic heterocycles. The van der Waals surface area contributed by atoms with Crippen LogP contribution in [0.4, 0.5) is 0 Å². The van der Waals surface area contributed by atoms with Crippen molar-refractivity contribution >= 4 is 22.6 Å². The summed E-state index contributed by atoms with van der Waals surface area (Å²) in [5, 5.41) is 9.41. The Bertz CT molecular complexity index is 668. The Morgan fingerprint density at radius 3 is 2.71 bits per heavy atom. The van der Waals surface area contributed by atoms with E-state index < -0.39 is 41.6 Å². The molecule has 0 spiro atoms. The largest absolute Gasteiger partial charge is 0.394 e. The zero-order valence-electron chi connectivity index (χ0n) is 11.4. The lowest BCUT2D eigenvalue weighted by atomic mass is 10.1. The lowest BCUT2D eigenvalue weighted by molar-refractivity contribution is -0.200. The van der Waals surface area contributed by atoms with Crippen molar-refractivity contribution in [1.82, 2.24) is 9.55 Å². The smallest absolute Gasteiger partial charge is 0.330 e. The van der Waals surface area contributed by atoms with Crippen LogP contribution >= 0.6 is 22.6 Å². The standard InChI is InChI=1S/C12H15IN2O6/c1-12(2)20-7-6(4-16)19-10(8(7)21-12)15-3-5(13)9(17)14-11(15)18/h3,6-8,10,16H,4H2,1-2H3,(H,14,17,18)/t6-,7+,8?,10-/m1/s1. The van der Waals surface area contributed by atoms with Crippen molar-refractivity contribution in [2.75, 3.05) is 6.61 Å². The molecule has 3 heterocycles. The van der Waals surface area contributed by atoms with Gasteiger partial charge in [0.25, 0.3) is 5.56 Å². The van der Waals surface area contributed by atoms with Gasteiger partial charge < -0.3 is 19.3 Å². The average Bonchev–Trinajstić information content (AvgIpc) is 2.87. The second-order valence-electron chi connectivity index (χ2n) is 5.46. The minimum atomic E-state index is -0.816. The number of aliphatic hydroxyl groups excluding tert-OH is 1. The van der Waals surface area contributed by atoms with E-state index in [0.29, 0.717) is 3.57 Å². The van der Waals surface area contributed by atoms with E-state index in [4.69, 9.17) is 14.2 Å². The third-order valence-electron chi connectivity index (χ3n) is 3.50. The summed E-state index contributed by atoms with van der Waals surface area (Å²) in [6, 6.07) is 0. The van der Waals surface area contributed by atoms with Gasteiger partial charge in [0.05, 0.1) is 10.2 Å². The summed E-state index contributed by atoms with van der Waals surface area (Å²) in [5.41, 5.74) is -1.04. The Hall–Kier alpha value is -0.750. The minimum Gasteiger partial charge on any atom is -0.394 e. The summed E-state index contributed by atoms with van der Waals surface area (Å²) in [6.07, 6.45) is -0.925. The fourth-order valence-corrected chi connectivity index (χ4v) is 3.11. The predicted octanol–water partition coefficient (Wildman–Crippen LogP) is -0.449. The van der Waals surface area contributed by atoms with Crippen molar-refractivity contribution in [3.05, 3.63) is 30.6 Å². The van der Waals surface area contributed by atoms with Crippen LogP contribution in [0.3, 0.4) is 0 Å². The number of hydrogen-bond acceptors (Lipinski definition) is 6. The SMILES string of the molecule is CC1(C)OC2[C@@H](O1)[C@@H](CO)O[C@H]2n1cc(I)c(=O)[nH]c1=O. The molecule has 0 saturated carbocycles. The van der Waals surface area contributed by atoms with Gasteiger partial charge in [0.2, 0.25) is 0 Å². The van der Waals surface area contributed by atoms with Crippen LogP contribution in [0.25, 0.3) is 0 Å². The Labute approximate surface area is 133 Å². The Balaban J connectivity index is 2.01. The molecule has 2 N–H and O–H groups in total. The normalized spacial score (nSPS) is 34.1. The molecule has 4 atom stereocenters. The summed E-state index contributed by atoms with van der Waals surface area (Å²) in [5.74, 6) is -0.816. The van der Waals surface area contributed by atoms with Crippen molar-refractivity contribution in [1.29, 1.82) is 0 Å². The van der Waals surface area contributed by atoms with Gasteiger partial charge in [-0.05, 0) is 36.4 Å². The first-order valence-corrected chi connectivity index (χ1v) is 7.53. The molecule has 2 aliphatic rings. The van der Waals surface area contributed by atoms with Gasteiger partial charge in [0.15, 0.2) is 12.0 Å². The number of nitrogens with zero attached hydrogens (tertiary/aromatic N) is 1. The zero-order valence-corrected chi connectivity index (χ0v) is 13.6. The van der Waals surface area contributed by atoms with E-state index in [1.165, 1.54) is 10.8 Å². The molecular weight excluding hydrogens is 395 g/mol. The summed E-state index contributed by atoms with van der Waals surface area (Å²) < 4.78 is 18.8. The van der Waals surface area contributed by atoms with E-state index in [9.17, 15) is 14.7 Å². The molecule has 3 rings (SSSR count). The van der Waals surface area contributed by atoms with Crippen LogP contribution in [-0.4, -0.2) is 45.4 Å². The number of nitrogens with one attached hydrogen (secondary N) is 1. The number of fused-ring (bicyclic) bond motifs is 1. The Morgan fingerprint density at radius 2 is 2.05 bits per heavy atom. The molecule has 21 heavy (non-hydrogen) atoms. The number of halogens is 1. The number of hydrogen-bond donors (Lipinski definition) is 2. The van der Waals surface area contributed by atoms with Crippen LogP contribution in [0, 0.1) is 3.57 Å². The first kappa shape index (κ1) is 15.2. The van der Waals surface area contributed by atoms with Gasteiger partial charge in [0, 0.05) is 6.20 Å². The summed E-state index contributed by atoms with van der Waals surface area (Å²) >= 11 is 1.83. The fourth-order valence-electron chi connectivity index (χ4n) is 2.68. The number of aromatic nitrogens is 2. The number of rotatable bonds is 2. The maximum absolute atomic E-state index is 12.0. The number of aromatic amines is 1. The maximum Gasteiger partial charge on any atom is 0.330 e. The van der Waals surface area contributed by atoms with Crippen LogP contribution in [0.15, 0.2) is 15.8 Å². The van der Waals surface area contributed by atoms with E-state index in [-0.39, 0.29) is 6.61 Å². The molecule has 0 radical (unpaired) electrons. The third-order valence-corrected chi connectivity index (χ3v) is 4.27. The van der Waals surface area contributed by atoms with Crippen molar-refractivity contribution < 1.29 is 19.3 Å². The fraction of sp³-hybridized carbons (Fsp3) is 0.667. The van der Waals surface area contributed by atoms with Crippen LogP contribution in [0.2, 0.25) is 0 Å². The lowest BCUT2D eigenvalue weighted by Gasteiger charge is -2.24. The van der Waals surface area contributed by atoms with Gasteiger partial charge in [-0.1, -0.05) is 0 Å². The summed E-state index contributed by atoms with van der Waals surface area (Å²) in [7, 11) is 0. The van der Waals surface area contributed by atoms with E-state index >= 15 is 0 Å². The second-order valence-corrected chi connectivity index (χ2v) is 6.62. The Morgan fingerprint density at radius 1 is 1.38 bits per heavy atom. The van der Waals surface area contributed by atoms with Gasteiger partial charge in [-0.15, -0.1) is 0 Å². The zero-order chi connectivity index (χ0) is 15.4. The highest BCUT2D eigenvalue weighted by molar-refractivity contribution is 14.1. The molecule has 2 saturated heterocycles. The number of H-pyrrole nitrogens is 1. The lowest BCUT2D eigenvalue weighted by Crippen LogP contribution is -2.38. The van der Waals surface area contributed by atoms with Crippen molar-refractivity contribution in [3.63, 3.8) is 0 Å². The van der Waals surface area contributed by atoms with Crippen LogP contribution in [0.5, 0.6) is 0 Å². The first-order chi connectivity index (χ1) is 9.82. The topological polar surface area (TPSA) is 103 Å². The molecule has 2 aliphatic heterocycles. The van der Waals surface area contributed by atoms with E-state index in [1.54, 1.807) is 13.8 Å². The average molecular weight is 410 g/mol. The van der Waals surface area contributed by atoms with Gasteiger partial charge in [0.1, 0.15) is 18.3 Å². The molecule has 116 valence electrons. The highest BCUT2D eigenvalue weighted by atomic mass is 127. The molecule has 0 bridgehead atoms. The van der Waals surface area contributed by atoms with Crippen LogP contribution < -0.4 is 11.2 Å². The Kier molecular flexibility index (Phi) is 3.72. The highest BCUT2D eigenvalue weighted by Crippen LogP contribution is 2.42. The van der Waals surface area contributed by atoms with Crippen molar-refractivity contribution in [2.24, 2.45) is 0 Å². The number of aliphatic hydroxyl groups is 1. The summed E-state index contributed by atoms with van der Waals surface area (Å²) in [4.78, 5) is 25.7. The molecule has 8 nitrogen and oxygen atoms in total. The maximum atomic E-state index is 12.0. The van der Waals surface area contributed by atoms with Crippen LogP contribution in [-0.2, 0) is 14.2 Å². The molecular formula is C12H15IN2O6. The van der Waals surface area contributed by atoms with Gasteiger partial charge in [-0.2, -0.15) is 0 Å². The molecule has 1 unspecified atom stereocenters. The molecule has 1 aromatic rings. The van der Waals surface area contributed by atoms with Crippen LogP contribution in [0.1, 0.15) is 20.1 Å². The first-order valence-electron chi connectivity index (χ1n) is 6.45. The van der Waals surface area contributed by atoms with Gasteiger partial charge in [-0.25, -0.2) is 4.79 Å². The van der Waals surface area contributed by atoms with E-state index in [0.717, 1.165) is 0 Å². The summed E-state index contributed by atoms with van der Waals surface area (Å²) in [6.45, 7) is 3.28. The molecule has 0 aromatic carbocycles. The monoisotopic (exact) mass is 410 g/mol. The molecule has 9 heteroatoms. The quantitative estimate of drug-likeness (QED) is 0.641. The predicted molar refractivity (Wildman–Crippen MR) is 78.9 cm³/mol. The highest BCUT2D eigenvalue weighted by Gasteiger charge is 2.55. The van der Waals surface area contributed by atoms with E-state index in [2.05, 4.69) is 4.98 Å². The van der Waals surface area contributed by atoms with Crippen molar-refractivity contribution in [2.45, 2.75) is 44.2 Å². The van der Waals surface area contributed by atoms with Crippen molar-refractivity contribution in [3.8, 4) is 0 Å². The number of ether oxygens (including phenoxy) is 3. The van der Waals surface area contributed by atoms with Gasteiger partial charge >= 0.3 is 5.69 Å². The molecule has 2 fully saturated rings. The third kappa shape index (κ3) is 2.57. The second kappa shape index (κ2) is 5.16. The molecule has 0 aliphatic carbocycles. The van der Waals surface area contributed by atoms with Gasteiger partial charge in [-0.3, -0.25) is 14.3 Å². The minimum absolute atomic E-state index is 0.244. The molecule has 0 amide bonds.